The van der Waals surface area contributed by atoms with Crippen LogP contribution in [-0.4, -0.2) is 76.1 Å². The van der Waals surface area contributed by atoms with Crippen LogP contribution in [0.1, 0.15) is 41.4 Å². The molecule has 10 heteroatoms. The normalized spacial score (nSPS) is 19.1. The van der Waals surface area contributed by atoms with Crippen molar-refractivity contribution in [2.24, 2.45) is 0 Å². The van der Waals surface area contributed by atoms with Crippen LogP contribution in [0.25, 0.3) is 10.9 Å². The first-order valence-corrected chi connectivity index (χ1v) is 13.6. The topological polar surface area (TPSA) is 101 Å². The molecule has 2 aromatic heterocycles. The summed E-state index contributed by atoms with van der Waals surface area (Å²) in [4.78, 5) is 21.5. The Morgan fingerprint density at radius 1 is 1.10 bits per heavy atom. The van der Waals surface area contributed by atoms with Crippen LogP contribution < -0.4 is 15.2 Å². The van der Waals surface area contributed by atoms with Gasteiger partial charge in [-0.1, -0.05) is 6.07 Å². The number of anilines is 1. The number of nitrogens with zero attached hydrogens (tertiary/aromatic N) is 6. The second kappa shape index (κ2) is 10.8. The van der Waals surface area contributed by atoms with Crippen molar-refractivity contribution >= 4 is 16.6 Å². The van der Waals surface area contributed by atoms with E-state index in [1.165, 1.54) is 0 Å². The van der Waals surface area contributed by atoms with Gasteiger partial charge in [0.25, 0.3) is 5.56 Å². The number of aryl methyl sites for hydroxylation is 2. The molecule has 10 nitrogen and oxygen atoms in total. The first-order chi connectivity index (χ1) is 19.0. The van der Waals surface area contributed by atoms with Crippen LogP contribution in [0, 0.1) is 13.8 Å². The molecule has 0 bridgehead atoms. The fraction of sp³-hybridized carbons (Fsp3) is 0.448. The number of aromatic nitrogens is 5. The standard InChI is InChI=1S/C29H35N7O3/c1-19-15-20(2)24-17-25(29(37)30-26(24)16-19)27(28-31-32-33-36(28)18-23-5-4-14-39-23)35-12-10-34(11-13-35)21-6-8-22(38-3)9-7-21/h6-9,15-17,23,27H,4-5,10-14,18H2,1-3H3,(H,30,37). The van der Waals surface area contributed by atoms with E-state index in [4.69, 9.17) is 9.47 Å². The highest BCUT2D eigenvalue weighted by Gasteiger charge is 2.33. The van der Waals surface area contributed by atoms with Crippen LogP contribution in [0.3, 0.4) is 0 Å². The largest absolute Gasteiger partial charge is 0.497 e. The fourth-order valence-corrected chi connectivity index (χ4v) is 5.94. The summed E-state index contributed by atoms with van der Waals surface area (Å²) in [5.41, 5.74) is 4.81. The molecule has 4 heterocycles. The molecule has 6 rings (SSSR count). The quantitative estimate of drug-likeness (QED) is 0.390. The van der Waals surface area contributed by atoms with Crippen molar-refractivity contribution in [2.75, 3.05) is 44.8 Å². The number of piperazine rings is 1. The number of hydrogen-bond donors (Lipinski definition) is 1. The first-order valence-electron chi connectivity index (χ1n) is 13.6. The minimum absolute atomic E-state index is 0.0833. The molecule has 2 unspecified atom stereocenters. The van der Waals surface area contributed by atoms with Gasteiger partial charge in [0, 0.05) is 54.9 Å². The monoisotopic (exact) mass is 529 g/mol. The van der Waals surface area contributed by atoms with Gasteiger partial charge in [-0.3, -0.25) is 9.69 Å². The van der Waals surface area contributed by atoms with Crippen molar-refractivity contribution in [1.29, 1.82) is 0 Å². The van der Waals surface area contributed by atoms with E-state index in [2.05, 4.69) is 55.4 Å². The lowest BCUT2D eigenvalue weighted by Gasteiger charge is -2.39. The summed E-state index contributed by atoms with van der Waals surface area (Å²) in [5.74, 6) is 1.52. The number of methoxy groups -OCH3 is 1. The maximum Gasteiger partial charge on any atom is 0.253 e. The van der Waals surface area contributed by atoms with Crippen LogP contribution in [0.5, 0.6) is 5.75 Å². The highest BCUT2D eigenvalue weighted by atomic mass is 16.5. The summed E-state index contributed by atoms with van der Waals surface area (Å²) in [6.07, 6.45) is 2.11. The summed E-state index contributed by atoms with van der Waals surface area (Å²) in [6.45, 7) is 8.63. The number of nitrogens with one attached hydrogen (secondary N) is 1. The van der Waals surface area contributed by atoms with Crippen molar-refractivity contribution in [3.05, 3.63) is 75.3 Å². The molecule has 0 saturated carbocycles. The summed E-state index contributed by atoms with van der Waals surface area (Å²) in [5, 5.41) is 13.9. The van der Waals surface area contributed by atoms with Crippen molar-refractivity contribution < 1.29 is 9.47 Å². The average molecular weight is 530 g/mol. The predicted molar refractivity (Wildman–Crippen MR) is 149 cm³/mol. The average Bonchev–Trinajstić information content (AvgIpc) is 3.63. The third-order valence-electron chi connectivity index (χ3n) is 7.96. The Balaban J connectivity index is 1.36. The Hall–Kier alpha value is -3.76. The van der Waals surface area contributed by atoms with E-state index in [-0.39, 0.29) is 17.7 Å². The van der Waals surface area contributed by atoms with Gasteiger partial charge < -0.3 is 19.4 Å². The smallest absolute Gasteiger partial charge is 0.253 e. The number of tetrazole rings is 1. The third kappa shape index (κ3) is 5.14. The van der Waals surface area contributed by atoms with Crippen molar-refractivity contribution in [1.82, 2.24) is 30.1 Å². The van der Waals surface area contributed by atoms with Gasteiger partial charge >= 0.3 is 0 Å². The molecular weight excluding hydrogens is 494 g/mol. The van der Waals surface area contributed by atoms with Crippen LogP contribution in [0.4, 0.5) is 5.69 Å². The second-order valence-corrected chi connectivity index (χ2v) is 10.6. The molecule has 2 aliphatic rings. The molecule has 0 aliphatic carbocycles. The highest BCUT2D eigenvalue weighted by molar-refractivity contribution is 5.83. The van der Waals surface area contributed by atoms with E-state index in [9.17, 15) is 4.79 Å². The number of ether oxygens (including phenoxy) is 2. The minimum Gasteiger partial charge on any atom is -0.497 e. The van der Waals surface area contributed by atoms with Gasteiger partial charge in [-0.2, -0.15) is 0 Å². The predicted octanol–water partition coefficient (Wildman–Crippen LogP) is 3.23. The van der Waals surface area contributed by atoms with Crippen LogP contribution in [-0.2, 0) is 11.3 Å². The van der Waals surface area contributed by atoms with E-state index in [1.807, 2.05) is 35.9 Å². The zero-order chi connectivity index (χ0) is 26.9. The van der Waals surface area contributed by atoms with Crippen molar-refractivity contribution in [2.45, 2.75) is 45.4 Å². The maximum atomic E-state index is 13.6. The molecule has 204 valence electrons. The molecule has 0 amide bonds. The Morgan fingerprint density at radius 2 is 1.90 bits per heavy atom. The molecule has 2 aliphatic heterocycles. The molecule has 2 fully saturated rings. The van der Waals surface area contributed by atoms with Crippen molar-refractivity contribution in [3.63, 3.8) is 0 Å². The summed E-state index contributed by atoms with van der Waals surface area (Å²) in [7, 11) is 1.68. The van der Waals surface area contributed by atoms with Gasteiger partial charge in [0.05, 0.1) is 19.8 Å². The number of rotatable bonds is 7. The summed E-state index contributed by atoms with van der Waals surface area (Å²) >= 11 is 0. The Bertz CT molecular complexity index is 1500. The molecule has 0 radical (unpaired) electrons. The van der Waals surface area contributed by atoms with Crippen LogP contribution in [0.15, 0.2) is 47.3 Å². The van der Waals surface area contributed by atoms with E-state index in [0.29, 0.717) is 17.9 Å². The Labute approximate surface area is 227 Å². The zero-order valence-electron chi connectivity index (χ0n) is 22.8. The molecule has 2 saturated heterocycles. The Morgan fingerprint density at radius 3 is 2.62 bits per heavy atom. The summed E-state index contributed by atoms with van der Waals surface area (Å²) in [6, 6.07) is 14.0. The molecule has 4 aromatic rings. The summed E-state index contributed by atoms with van der Waals surface area (Å²) < 4.78 is 13.0. The number of aromatic amines is 1. The van der Waals surface area contributed by atoms with E-state index < -0.39 is 0 Å². The SMILES string of the molecule is COc1ccc(N2CCN(C(c3cc4c(C)cc(C)cc4[nH]c3=O)c3nnnn3CC3CCCO3)CC2)cc1. The van der Waals surface area contributed by atoms with Crippen LogP contribution >= 0.6 is 0 Å². The number of benzene rings is 2. The highest BCUT2D eigenvalue weighted by Crippen LogP contribution is 2.31. The molecule has 1 N–H and O–H groups in total. The minimum atomic E-state index is -0.381. The van der Waals surface area contributed by atoms with Crippen LogP contribution in [0.2, 0.25) is 0 Å². The van der Waals surface area contributed by atoms with Crippen molar-refractivity contribution in [3.8, 4) is 5.75 Å². The van der Waals surface area contributed by atoms with Gasteiger partial charge in [0.15, 0.2) is 5.82 Å². The Kier molecular flexibility index (Phi) is 7.05. The fourth-order valence-electron chi connectivity index (χ4n) is 5.94. The third-order valence-corrected chi connectivity index (χ3v) is 7.96. The number of H-pyrrole nitrogens is 1. The zero-order valence-corrected chi connectivity index (χ0v) is 22.8. The maximum absolute atomic E-state index is 13.6. The first kappa shape index (κ1) is 25.5. The van der Waals surface area contributed by atoms with Gasteiger partial charge in [-0.25, -0.2) is 4.68 Å². The number of fused-ring (bicyclic) bond motifs is 1. The molecule has 39 heavy (non-hydrogen) atoms. The lowest BCUT2D eigenvalue weighted by atomic mass is 9.99. The molecular formula is C29H35N7O3. The van der Waals surface area contributed by atoms with Gasteiger partial charge in [-0.05, 0) is 84.6 Å². The van der Waals surface area contributed by atoms with Gasteiger partial charge in [0.2, 0.25) is 0 Å². The molecule has 2 atom stereocenters. The van der Waals surface area contributed by atoms with E-state index >= 15 is 0 Å². The number of hydrogen-bond acceptors (Lipinski definition) is 8. The lowest BCUT2D eigenvalue weighted by Crippen LogP contribution is -2.49. The molecule has 2 aromatic carbocycles. The van der Waals surface area contributed by atoms with E-state index in [0.717, 1.165) is 79.1 Å². The van der Waals surface area contributed by atoms with Gasteiger partial charge in [-0.15, -0.1) is 5.10 Å². The molecule has 0 spiro atoms. The van der Waals surface area contributed by atoms with E-state index in [1.54, 1.807) is 7.11 Å². The number of pyridine rings is 1. The van der Waals surface area contributed by atoms with Gasteiger partial charge in [0.1, 0.15) is 11.8 Å². The second-order valence-electron chi connectivity index (χ2n) is 10.6. The lowest BCUT2D eigenvalue weighted by molar-refractivity contribution is 0.0906.